The number of nitrogens with zero attached hydrogens (tertiary/aromatic N) is 1. The topological polar surface area (TPSA) is 40.5 Å². The summed E-state index contributed by atoms with van der Waals surface area (Å²) in [5, 5.41) is 10.7. The molecule has 0 aliphatic heterocycles. The van der Waals surface area contributed by atoms with Crippen LogP contribution in [0.2, 0.25) is 0 Å². The quantitative estimate of drug-likeness (QED) is 0.700. The zero-order valence-corrected chi connectivity index (χ0v) is 11.9. The van der Waals surface area contributed by atoms with Gasteiger partial charge in [-0.3, -0.25) is 4.79 Å². The fourth-order valence-corrected chi connectivity index (χ4v) is 2.57. The van der Waals surface area contributed by atoms with Gasteiger partial charge in [-0.15, -0.1) is 11.3 Å². The number of aliphatic hydroxyl groups excluding tert-OH is 1. The van der Waals surface area contributed by atoms with Crippen LogP contribution in [0.1, 0.15) is 37.0 Å². The summed E-state index contributed by atoms with van der Waals surface area (Å²) in [5.41, 5.74) is 0. The van der Waals surface area contributed by atoms with E-state index in [0.29, 0.717) is 6.42 Å². The van der Waals surface area contributed by atoms with E-state index in [2.05, 4.69) is 17.5 Å². The van der Waals surface area contributed by atoms with Crippen LogP contribution in [0, 0.1) is 0 Å². The Hall–Kier alpha value is -0.870. The highest BCUT2D eigenvalue weighted by molar-refractivity contribution is 7.09. The molecule has 1 amide bonds. The first kappa shape index (κ1) is 15.2. The summed E-state index contributed by atoms with van der Waals surface area (Å²) in [4.78, 5) is 15.0. The summed E-state index contributed by atoms with van der Waals surface area (Å²) < 4.78 is 0. The van der Waals surface area contributed by atoms with Crippen molar-refractivity contribution in [1.29, 1.82) is 0 Å². The van der Waals surface area contributed by atoms with Crippen LogP contribution in [0.3, 0.4) is 0 Å². The number of aliphatic hydroxyl groups is 1. The second-order valence-electron chi connectivity index (χ2n) is 4.53. The fraction of sp³-hybridized carbons (Fsp3) is 0.643. The Morgan fingerprint density at radius 3 is 2.83 bits per heavy atom. The Morgan fingerprint density at radius 1 is 1.33 bits per heavy atom. The van der Waals surface area contributed by atoms with Gasteiger partial charge in [0.1, 0.15) is 0 Å². The van der Waals surface area contributed by atoms with E-state index in [1.807, 2.05) is 11.9 Å². The highest BCUT2D eigenvalue weighted by Gasteiger charge is 2.07. The van der Waals surface area contributed by atoms with Crippen molar-refractivity contribution in [3.8, 4) is 0 Å². The molecule has 0 saturated heterocycles. The van der Waals surface area contributed by atoms with E-state index in [4.69, 9.17) is 5.11 Å². The van der Waals surface area contributed by atoms with Gasteiger partial charge in [0, 0.05) is 31.5 Å². The third-order valence-corrected chi connectivity index (χ3v) is 3.91. The van der Waals surface area contributed by atoms with Gasteiger partial charge in [0.05, 0.1) is 0 Å². The molecule has 0 atom stereocenters. The Labute approximate surface area is 113 Å². The first-order valence-electron chi connectivity index (χ1n) is 6.61. The number of rotatable bonds is 9. The van der Waals surface area contributed by atoms with E-state index in [9.17, 15) is 4.79 Å². The normalized spacial score (nSPS) is 10.6. The van der Waals surface area contributed by atoms with E-state index in [-0.39, 0.29) is 12.5 Å². The molecule has 1 rings (SSSR count). The van der Waals surface area contributed by atoms with Crippen LogP contribution < -0.4 is 0 Å². The summed E-state index contributed by atoms with van der Waals surface area (Å²) in [6.07, 6.45) is 5.37. The van der Waals surface area contributed by atoms with E-state index < -0.39 is 0 Å². The van der Waals surface area contributed by atoms with E-state index in [0.717, 1.165) is 38.6 Å². The number of aryl methyl sites for hydroxylation is 1. The van der Waals surface area contributed by atoms with Crippen molar-refractivity contribution in [3.63, 3.8) is 0 Å². The molecule has 4 heteroatoms. The number of thiophene rings is 1. The van der Waals surface area contributed by atoms with Crippen molar-refractivity contribution in [2.24, 2.45) is 0 Å². The summed E-state index contributed by atoms with van der Waals surface area (Å²) in [7, 11) is 1.87. The zero-order chi connectivity index (χ0) is 13.2. The number of amides is 1. The molecule has 0 aromatic carbocycles. The number of unbranched alkanes of at least 4 members (excludes halogenated alkanes) is 2. The zero-order valence-electron chi connectivity index (χ0n) is 11.1. The third kappa shape index (κ3) is 6.17. The van der Waals surface area contributed by atoms with Gasteiger partial charge in [-0.2, -0.15) is 0 Å². The van der Waals surface area contributed by atoms with Crippen LogP contribution in [0.5, 0.6) is 0 Å². The molecule has 1 aromatic heterocycles. The Balaban J connectivity index is 2.08. The second kappa shape index (κ2) is 9.11. The van der Waals surface area contributed by atoms with Crippen LogP contribution in [-0.4, -0.2) is 36.1 Å². The van der Waals surface area contributed by atoms with Crippen LogP contribution >= 0.6 is 11.3 Å². The van der Waals surface area contributed by atoms with Gasteiger partial charge in [0.25, 0.3) is 0 Å². The Morgan fingerprint density at radius 2 is 2.17 bits per heavy atom. The Bertz CT molecular complexity index is 325. The van der Waals surface area contributed by atoms with E-state index in [1.165, 1.54) is 4.88 Å². The molecular formula is C14H23NO2S. The van der Waals surface area contributed by atoms with Crippen molar-refractivity contribution in [3.05, 3.63) is 22.4 Å². The summed E-state index contributed by atoms with van der Waals surface area (Å²) in [6.45, 7) is 1.05. The lowest BCUT2D eigenvalue weighted by atomic mass is 10.2. The van der Waals surface area contributed by atoms with E-state index >= 15 is 0 Å². The van der Waals surface area contributed by atoms with Gasteiger partial charge in [-0.05, 0) is 43.6 Å². The second-order valence-corrected chi connectivity index (χ2v) is 5.56. The van der Waals surface area contributed by atoms with E-state index in [1.54, 1.807) is 11.3 Å². The molecule has 0 aliphatic rings. The van der Waals surface area contributed by atoms with Crippen molar-refractivity contribution < 1.29 is 9.90 Å². The highest BCUT2D eigenvalue weighted by Crippen LogP contribution is 2.12. The molecule has 0 aliphatic carbocycles. The average Bonchev–Trinajstić information content (AvgIpc) is 2.87. The van der Waals surface area contributed by atoms with Crippen molar-refractivity contribution in [2.75, 3.05) is 20.2 Å². The van der Waals surface area contributed by atoms with Crippen LogP contribution in [0.25, 0.3) is 0 Å². The van der Waals surface area contributed by atoms with Gasteiger partial charge >= 0.3 is 0 Å². The number of carbonyl (C=O) groups excluding carboxylic acids is 1. The van der Waals surface area contributed by atoms with Crippen LogP contribution in [-0.2, 0) is 11.2 Å². The van der Waals surface area contributed by atoms with Crippen molar-refractivity contribution >= 4 is 17.2 Å². The minimum atomic E-state index is 0.232. The molecule has 0 spiro atoms. The summed E-state index contributed by atoms with van der Waals surface area (Å²) in [6, 6.07) is 4.17. The predicted molar refractivity (Wildman–Crippen MR) is 75.8 cm³/mol. The van der Waals surface area contributed by atoms with Gasteiger partial charge in [-0.25, -0.2) is 0 Å². The molecule has 3 nitrogen and oxygen atoms in total. The molecule has 18 heavy (non-hydrogen) atoms. The van der Waals surface area contributed by atoms with Gasteiger partial charge < -0.3 is 10.0 Å². The molecule has 0 fully saturated rings. The smallest absolute Gasteiger partial charge is 0.222 e. The maximum atomic E-state index is 11.8. The third-order valence-electron chi connectivity index (χ3n) is 2.97. The van der Waals surface area contributed by atoms with Crippen molar-refractivity contribution in [2.45, 2.75) is 38.5 Å². The average molecular weight is 269 g/mol. The molecule has 0 bridgehead atoms. The lowest BCUT2D eigenvalue weighted by molar-refractivity contribution is -0.130. The summed E-state index contributed by atoms with van der Waals surface area (Å²) in [5.74, 6) is 0.232. The first-order chi connectivity index (χ1) is 8.74. The van der Waals surface area contributed by atoms with Crippen LogP contribution in [0.4, 0.5) is 0 Å². The monoisotopic (exact) mass is 269 g/mol. The fourth-order valence-electron chi connectivity index (χ4n) is 1.82. The summed E-state index contributed by atoms with van der Waals surface area (Å²) >= 11 is 1.75. The Kier molecular flexibility index (Phi) is 7.69. The SMILES string of the molecule is CN(CCCCCO)C(=O)CCCc1cccs1. The molecular weight excluding hydrogens is 246 g/mol. The van der Waals surface area contributed by atoms with Gasteiger partial charge in [-0.1, -0.05) is 6.07 Å². The predicted octanol–water partition coefficient (Wildman–Crippen LogP) is 2.69. The number of hydrogen-bond donors (Lipinski definition) is 1. The van der Waals surface area contributed by atoms with Crippen LogP contribution in [0.15, 0.2) is 17.5 Å². The lowest BCUT2D eigenvalue weighted by Crippen LogP contribution is -2.27. The first-order valence-corrected chi connectivity index (χ1v) is 7.49. The lowest BCUT2D eigenvalue weighted by Gasteiger charge is -2.16. The molecule has 102 valence electrons. The number of hydrogen-bond acceptors (Lipinski definition) is 3. The minimum Gasteiger partial charge on any atom is -0.396 e. The molecule has 1 heterocycles. The molecule has 0 unspecified atom stereocenters. The molecule has 0 saturated carbocycles. The largest absolute Gasteiger partial charge is 0.396 e. The minimum absolute atomic E-state index is 0.232. The molecule has 1 aromatic rings. The van der Waals surface area contributed by atoms with Gasteiger partial charge in [0.2, 0.25) is 5.91 Å². The number of carbonyl (C=O) groups is 1. The maximum Gasteiger partial charge on any atom is 0.222 e. The van der Waals surface area contributed by atoms with Gasteiger partial charge in [0.15, 0.2) is 0 Å². The molecule has 0 radical (unpaired) electrons. The highest BCUT2D eigenvalue weighted by atomic mass is 32.1. The maximum absolute atomic E-state index is 11.8. The standard InChI is InChI=1S/C14H23NO2S/c1-15(10-3-2-4-11-16)14(17)9-5-7-13-8-6-12-18-13/h6,8,12,16H,2-5,7,9-11H2,1H3. The molecule has 1 N–H and O–H groups in total. The van der Waals surface area contributed by atoms with Crippen molar-refractivity contribution in [1.82, 2.24) is 4.90 Å².